The molecule has 0 aromatic carbocycles. The van der Waals surface area contributed by atoms with E-state index in [9.17, 15) is 0 Å². The fourth-order valence-corrected chi connectivity index (χ4v) is 2.86. The van der Waals surface area contributed by atoms with Crippen LogP contribution in [-0.4, -0.2) is 35.7 Å². The van der Waals surface area contributed by atoms with E-state index in [1.807, 2.05) is 0 Å². The molecule has 0 saturated carbocycles. The van der Waals surface area contributed by atoms with Gasteiger partial charge in [0.1, 0.15) is 0 Å². The molecule has 2 rings (SSSR count). The van der Waals surface area contributed by atoms with Crippen LogP contribution in [0.15, 0.2) is 21.3 Å². The van der Waals surface area contributed by atoms with Crippen LogP contribution in [0.2, 0.25) is 0 Å². The predicted octanol–water partition coefficient (Wildman–Crippen LogP) is 3.38. The number of likely N-dealkylation sites (N-methyl/N-ethyl adjacent to an activating group) is 1. The predicted molar refractivity (Wildman–Crippen MR) is 90.2 cm³/mol. The number of rotatable bonds is 6. The first-order valence-electron chi connectivity index (χ1n) is 7.55. The molecular weight excluding hydrogens is 296 g/mol. The summed E-state index contributed by atoms with van der Waals surface area (Å²) in [5, 5.41) is 11.9. The molecular formula is C16H26N4OS. The third kappa shape index (κ3) is 4.15. The van der Waals surface area contributed by atoms with Crippen molar-refractivity contribution in [1.29, 1.82) is 0 Å². The summed E-state index contributed by atoms with van der Waals surface area (Å²) in [5.41, 5.74) is 1.24. The van der Waals surface area contributed by atoms with E-state index in [1.165, 1.54) is 5.56 Å². The van der Waals surface area contributed by atoms with E-state index in [-0.39, 0.29) is 11.5 Å². The summed E-state index contributed by atoms with van der Waals surface area (Å²) in [4.78, 5) is 6.73. The minimum atomic E-state index is -0.0929. The van der Waals surface area contributed by atoms with Gasteiger partial charge in [-0.1, -0.05) is 25.9 Å². The maximum absolute atomic E-state index is 5.40. The van der Waals surface area contributed by atoms with Crippen molar-refractivity contribution in [3.05, 3.63) is 34.1 Å². The smallest absolute Gasteiger partial charge is 0.243 e. The second-order valence-electron chi connectivity index (χ2n) is 6.87. The molecule has 2 aromatic rings. The van der Waals surface area contributed by atoms with E-state index in [1.54, 1.807) is 11.3 Å². The van der Waals surface area contributed by atoms with Crippen LogP contribution < -0.4 is 5.32 Å². The average Bonchev–Trinajstić information content (AvgIpc) is 3.09. The fourth-order valence-electron chi connectivity index (χ4n) is 2.15. The minimum absolute atomic E-state index is 0.0321. The van der Waals surface area contributed by atoms with Gasteiger partial charge in [-0.05, 0) is 43.4 Å². The molecule has 0 saturated heterocycles. The van der Waals surface area contributed by atoms with Gasteiger partial charge in [0.25, 0.3) is 0 Å². The van der Waals surface area contributed by atoms with E-state index >= 15 is 0 Å². The number of hydrogen-bond acceptors (Lipinski definition) is 6. The molecule has 0 fully saturated rings. The molecule has 2 aromatic heterocycles. The van der Waals surface area contributed by atoms with Gasteiger partial charge < -0.3 is 14.7 Å². The summed E-state index contributed by atoms with van der Waals surface area (Å²) in [6, 6.07) is 2.54. The number of hydrogen-bond donors (Lipinski definition) is 1. The quantitative estimate of drug-likeness (QED) is 0.883. The molecule has 2 heterocycles. The van der Waals surface area contributed by atoms with Crippen LogP contribution >= 0.6 is 11.3 Å². The van der Waals surface area contributed by atoms with Crippen molar-refractivity contribution >= 4 is 11.3 Å². The van der Waals surface area contributed by atoms with Crippen molar-refractivity contribution in [2.24, 2.45) is 0 Å². The number of thiophene rings is 1. The molecule has 1 N–H and O–H groups in total. The lowest BCUT2D eigenvalue weighted by atomic mass is 9.96. The number of aromatic nitrogens is 2. The monoisotopic (exact) mass is 322 g/mol. The lowest BCUT2D eigenvalue weighted by Crippen LogP contribution is -2.32. The number of nitrogens with one attached hydrogen (secondary N) is 1. The summed E-state index contributed by atoms with van der Waals surface area (Å²) < 4.78 is 5.40. The van der Waals surface area contributed by atoms with E-state index in [2.05, 4.69) is 79.0 Å². The molecule has 0 radical (unpaired) electrons. The Bertz CT molecular complexity index is 571. The molecule has 122 valence electrons. The molecule has 0 bridgehead atoms. The van der Waals surface area contributed by atoms with Gasteiger partial charge in [-0.15, -0.1) is 0 Å². The van der Waals surface area contributed by atoms with Crippen LogP contribution in [0.1, 0.15) is 57.1 Å². The highest BCUT2D eigenvalue weighted by Crippen LogP contribution is 2.23. The van der Waals surface area contributed by atoms with Gasteiger partial charge in [0.15, 0.2) is 5.82 Å². The highest BCUT2D eigenvalue weighted by molar-refractivity contribution is 7.07. The van der Waals surface area contributed by atoms with Crippen LogP contribution in [0.4, 0.5) is 0 Å². The van der Waals surface area contributed by atoms with Crippen LogP contribution in [0, 0.1) is 0 Å². The highest BCUT2D eigenvalue weighted by atomic mass is 32.1. The summed E-state index contributed by atoms with van der Waals surface area (Å²) in [6.45, 7) is 9.13. The average molecular weight is 322 g/mol. The lowest BCUT2D eigenvalue weighted by Gasteiger charge is -2.25. The summed E-state index contributed by atoms with van der Waals surface area (Å²) in [7, 11) is 4.19. The summed E-state index contributed by atoms with van der Waals surface area (Å²) in [5.74, 6) is 1.39. The summed E-state index contributed by atoms with van der Waals surface area (Å²) in [6.07, 6.45) is 0. The van der Waals surface area contributed by atoms with Crippen LogP contribution in [0.3, 0.4) is 0 Å². The summed E-state index contributed by atoms with van der Waals surface area (Å²) >= 11 is 1.73. The Morgan fingerprint density at radius 2 is 2.09 bits per heavy atom. The van der Waals surface area contributed by atoms with Gasteiger partial charge in [-0.3, -0.25) is 0 Å². The fraction of sp³-hybridized carbons (Fsp3) is 0.625. The zero-order valence-electron chi connectivity index (χ0n) is 14.3. The van der Waals surface area contributed by atoms with E-state index < -0.39 is 0 Å². The Hall–Kier alpha value is -1.24. The van der Waals surface area contributed by atoms with Crippen molar-refractivity contribution in [3.63, 3.8) is 0 Å². The third-order valence-corrected chi connectivity index (χ3v) is 4.35. The molecule has 0 spiro atoms. The Labute approximate surface area is 136 Å². The van der Waals surface area contributed by atoms with Crippen molar-refractivity contribution < 1.29 is 4.52 Å². The zero-order valence-corrected chi connectivity index (χ0v) is 15.1. The molecule has 6 heteroatoms. The first-order chi connectivity index (χ1) is 10.3. The molecule has 0 aliphatic rings. The van der Waals surface area contributed by atoms with Crippen molar-refractivity contribution in [1.82, 2.24) is 20.4 Å². The normalized spacial score (nSPS) is 15.2. The molecule has 22 heavy (non-hydrogen) atoms. The van der Waals surface area contributed by atoms with E-state index in [0.717, 1.165) is 12.4 Å². The second kappa shape index (κ2) is 6.89. The van der Waals surface area contributed by atoms with Gasteiger partial charge in [-0.25, -0.2) is 0 Å². The van der Waals surface area contributed by atoms with Crippen LogP contribution in [0.5, 0.6) is 0 Å². The Balaban J connectivity index is 1.99. The topological polar surface area (TPSA) is 54.2 Å². The van der Waals surface area contributed by atoms with Gasteiger partial charge in [0.05, 0.1) is 6.04 Å². The maximum Gasteiger partial charge on any atom is 0.243 e. The SMILES string of the molecule is C[C@H](NC[C@@H](c1ccsc1)N(C)C)c1nc(C(C)(C)C)no1. The first-order valence-corrected chi connectivity index (χ1v) is 8.49. The molecule has 0 amide bonds. The van der Waals surface area contributed by atoms with Crippen LogP contribution in [0.25, 0.3) is 0 Å². The lowest BCUT2D eigenvalue weighted by molar-refractivity contribution is 0.268. The first kappa shape index (κ1) is 17.1. The molecule has 5 nitrogen and oxygen atoms in total. The van der Waals surface area contributed by atoms with Crippen molar-refractivity contribution in [2.45, 2.75) is 45.2 Å². The minimum Gasteiger partial charge on any atom is -0.338 e. The molecule has 0 aliphatic heterocycles. The Morgan fingerprint density at radius 1 is 1.36 bits per heavy atom. The maximum atomic E-state index is 5.40. The second-order valence-corrected chi connectivity index (χ2v) is 7.65. The van der Waals surface area contributed by atoms with Gasteiger partial charge >= 0.3 is 0 Å². The highest BCUT2D eigenvalue weighted by Gasteiger charge is 2.24. The van der Waals surface area contributed by atoms with Gasteiger partial charge in [0, 0.05) is 18.0 Å². The zero-order chi connectivity index (χ0) is 16.3. The Kier molecular flexibility index (Phi) is 5.36. The van der Waals surface area contributed by atoms with Crippen molar-refractivity contribution in [2.75, 3.05) is 20.6 Å². The van der Waals surface area contributed by atoms with Crippen LogP contribution in [-0.2, 0) is 5.41 Å². The molecule has 2 atom stereocenters. The van der Waals surface area contributed by atoms with E-state index in [4.69, 9.17) is 4.52 Å². The standard InChI is InChI=1S/C16H26N4OS/c1-11(14-18-15(19-21-14)16(2,3)4)17-9-13(20(5)6)12-7-8-22-10-12/h7-8,10-11,13,17H,9H2,1-6H3/t11-,13-/m0/s1. The molecule has 0 aliphatic carbocycles. The van der Waals surface area contributed by atoms with Gasteiger partial charge in [-0.2, -0.15) is 16.3 Å². The Morgan fingerprint density at radius 3 is 2.59 bits per heavy atom. The van der Waals surface area contributed by atoms with Crippen molar-refractivity contribution in [3.8, 4) is 0 Å². The van der Waals surface area contributed by atoms with Gasteiger partial charge in [0.2, 0.25) is 5.89 Å². The molecule has 0 unspecified atom stereocenters. The third-order valence-electron chi connectivity index (χ3n) is 3.65. The largest absolute Gasteiger partial charge is 0.338 e. The number of nitrogens with zero attached hydrogens (tertiary/aromatic N) is 3. The van der Waals surface area contributed by atoms with E-state index in [0.29, 0.717) is 11.9 Å².